The van der Waals surface area contributed by atoms with Gasteiger partial charge in [-0.2, -0.15) is 0 Å². The summed E-state index contributed by atoms with van der Waals surface area (Å²) in [5.41, 5.74) is 1.05. The quantitative estimate of drug-likeness (QED) is 0.445. The maximum atomic E-state index is 12.0. The molecule has 2 rings (SSSR count). The van der Waals surface area contributed by atoms with E-state index in [0.717, 1.165) is 0 Å². The first-order chi connectivity index (χ1) is 8.97. The predicted octanol–water partition coefficient (Wildman–Crippen LogP) is 1.31. The fourth-order valence-corrected chi connectivity index (χ4v) is 3.72. The lowest BCUT2D eigenvalue weighted by Crippen LogP contribution is -2.62. The molecular formula is C12H14ClNO4S. The predicted molar refractivity (Wildman–Crippen MR) is 71.7 cm³/mol. The van der Waals surface area contributed by atoms with Crippen LogP contribution in [0.1, 0.15) is 20.3 Å². The minimum atomic E-state index is -0.570. The Hall–Kier alpha value is -1.01. The number of fused-ring (bicyclic) bond motifs is 1. The third-order valence-corrected chi connectivity index (χ3v) is 4.93. The highest BCUT2D eigenvalue weighted by molar-refractivity contribution is 8.00. The van der Waals surface area contributed by atoms with Crippen molar-refractivity contribution in [1.82, 2.24) is 4.90 Å². The highest BCUT2D eigenvalue weighted by atomic mass is 35.5. The first-order valence-corrected chi connectivity index (χ1v) is 7.43. The monoisotopic (exact) mass is 303 g/mol. The zero-order valence-electron chi connectivity index (χ0n) is 10.6. The van der Waals surface area contributed by atoms with Gasteiger partial charge in [-0.05, 0) is 0 Å². The first-order valence-electron chi connectivity index (χ1n) is 5.94. The van der Waals surface area contributed by atoms with Gasteiger partial charge in [0.2, 0.25) is 5.91 Å². The number of alkyl halides is 1. The summed E-state index contributed by atoms with van der Waals surface area (Å²) in [7, 11) is 0. The zero-order chi connectivity index (χ0) is 14.2. The lowest BCUT2D eigenvalue weighted by Gasteiger charge is -2.47. The van der Waals surface area contributed by atoms with Gasteiger partial charge in [-0.25, -0.2) is 0 Å². The van der Waals surface area contributed by atoms with Crippen molar-refractivity contribution in [2.45, 2.75) is 31.0 Å². The Morgan fingerprint density at radius 3 is 2.79 bits per heavy atom. The second-order valence-corrected chi connectivity index (χ2v) is 5.90. The van der Waals surface area contributed by atoms with Crippen LogP contribution < -0.4 is 0 Å². The Morgan fingerprint density at radius 2 is 2.21 bits per heavy atom. The summed E-state index contributed by atoms with van der Waals surface area (Å²) in [5, 5.41) is -0.749. The molecule has 2 heterocycles. The van der Waals surface area contributed by atoms with E-state index in [4.69, 9.17) is 16.3 Å². The van der Waals surface area contributed by atoms with Gasteiger partial charge in [0.25, 0.3) is 0 Å². The van der Waals surface area contributed by atoms with Crippen molar-refractivity contribution in [3.8, 4) is 0 Å². The summed E-state index contributed by atoms with van der Waals surface area (Å²) in [6.45, 7) is 3.09. The molecule has 0 aromatic rings. The van der Waals surface area contributed by atoms with Crippen molar-refractivity contribution >= 4 is 41.0 Å². The number of ether oxygens (including phenoxy) is 1. The third-order valence-electron chi connectivity index (χ3n) is 3.02. The molecule has 0 aromatic carbocycles. The molecule has 0 radical (unpaired) electrons. The minimum Gasteiger partial charge on any atom is -0.461 e. The van der Waals surface area contributed by atoms with Gasteiger partial charge < -0.3 is 4.74 Å². The van der Waals surface area contributed by atoms with Crippen molar-refractivity contribution in [3.05, 3.63) is 11.3 Å². The van der Waals surface area contributed by atoms with E-state index in [9.17, 15) is 14.4 Å². The van der Waals surface area contributed by atoms with E-state index in [2.05, 4.69) is 0 Å². The van der Waals surface area contributed by atoms with Gasteiger partial charge in [-0.15, -0.1) is 23.4 Å². The lowest BCUT2D eigenvalue weighted by atomic mass is 10.0. The molecule has 1 fully saturated rings. The van der Waals surface area contributed by atoms with Crippen LogP contribution in [0.5, 0.6) is 0 Å². The van der Waals surface area contributed by atoms with Crippen LogP contribution in [0.15, 0.2) is 11.3 Å². The van der Waals surface area contributed by atoms with Crippen molar-refractivity contribution in [1.29, 1.82) is 0 Å². The fraction of sp³-hybridized carbons (Fsp3) is 0.583. The number of thioether (sulfide) groups is 1. The van der Waals surface area contributed by atoms with E-state index in [1.807, 2.05) is 0 Å². The number of amides is 1. The smallest absolute Gasteiger partial charge is 0.302 e. The lowest BCUT2D eigenvalue weighted by molar-refractivity contribution is -0.141. The van der Waals surface area contributed by atoms with E-state index >= 15 is 0 Å². The number of carbonyl (C=O) groups is 3. The van der Waals surface area contributed by atoms with Gasteiger partial charge in [-0.1, -0.05) is 6.92 Å². The molecule has 0 spiro atoms. The third kappa shape index (κ3) is 2.51. The van der Waals surface area contributed by atoms with E-state index < -0.39 is 11.3 Å². The molecular weight excluding hydrogens is 290 g/mol. The molecule has 0 unspecified atom stereocenters. The number of halogens is 1. The zero-order valence-corrected chi connectivity index (χ0v) is 12.2. The van der Waals surface area contributed by atoms with Crippen LogP contribution in [0.25, 0.3) is 0 Å². The molecule has 0 aromatic heterocycles. The molecule has 7 heteroatoms. The van der Waals surface area contributed by atoms with Gasteiger partial charge >= 0.3 is 5.97 Å². The van der Waals surface area contributed by atoms with E-state index in [1.54, 1.807) is 6.92 Å². The minimum absolute atomic E-state index is 0.0485. The number of nitrogens with zero attached hydrogens (tertiary/aromatic N) is 1. The molecule has 0 N–H and O–H groups in total. The van der Waals surface area contributed by atoms with Crippen LogP contribution in [0.2, 0.25) is 0 Å². The maximum absolute atomic E-state index is 12.0. The summed E-state index contributed by atoms with van der Waals surface area (Å²) in [6.07, 6.45) is 0.299. The number of ketones is 1. The molecule has 0 saturated carbocycles. The Labute approximate surface area is 120 Å². The van der Waals surface area contributed by atoms with Crippen LogP contribution in [-0.2, 0) is 19.1 Å². The molecule has 5 nitrogen and oxygen atoms in total. The van der Waals surface area contributed by atoms with Crippen LogP contribution in [0.3, 0.4) is 0 Å². The standard InChI is InChI=1S/C12H14ClNO4S/c1-3-8(16)10-7(4-18-6(2)15)5-19-12-9(13)11(17)14(10)12/h9,12H,3-5H2,1-2H3/t9-,12-/m0/s1. The van der Waals surface area contributed by atoms with Crippen molar-refractivity contribution < 1.29 is 19.1 Å². The summed E-state index contributed by atoms with van der Waals surface area (Å²) in [6, 6.07) is 0. The molecule has 0 bridgehead atoms. The molecule has 2 aliphatic heterocycles. The fourth-order valence-electron chi connectivity index (χ4n) is 2.05. The average Bonchev–Trinajstić information content (AvgIpc) is 2.42. The van der Waals surface area contributed by atoms with E-state index in [0.29, 0.717) is 23.4 Å². The second-order valence-electron chi connectivity index (χ2n) is 4.32. The molecule has 2 aliphatic rings. The van der Waals surface area contributed by atoms with Gasteiger partial charge in [-0.3, -0.25) is 19.3 Å². The van der Waals surface area contributed by atoms with Gasteiger partial charge in [0.1, 0.15) is 17.4 Å². The molecule has 19 heavy (non-hydrogen) atoms. The number of rotatable bonds is 4. The average molecular weight is 304 g/mol. The Kier molecular flexibility index (Phi) is 4.20. The number of Topliss-reactive ketones (excluding diaryl/α,β-unsaturated/α-hetero) is 1. The first kappa shape index (κ1) is 14.4. The number of allylic oxidation sites excluding steroid dienone is 1. The van der Waals surface area contributed by atoms with Crippen LogP contribution in [0, 0.1) is 0 Å². The Bertz CT molecular complexity index is 476. The second kappa shape index (κ2) is 5.54. The normalized spacial score (nSPS) is 25.8. The van der Waals surface area contributed by atoms with Crippen molar-refractivity contribution in [2.75, 3.05) is 12.4 Å². The number of hydrogen-bond acceptors (Lipinski definition) is 5. The number of hydrogen-bond donors (Lipinski definition) is 0. The van der Waals surface area contributed by atoms with Crippen molar-refractivity contribution in [3.63, 3.8) is 0 Å². The van der Waals surface area contributed by atoms with Crippen molar-refractivity contribution in [2.24, 2.45) is 0 Å². The van der Waals surface area contributed by atoms with Crippen LogP contribution >= 0.6 is 23.4 Å². The molecule has 104 valence electrons. The largest absolute Gasteiger partial charge is 0.461 e. The van der Waals surface area contributed by atoms with Crippen LogP contribution in [0.4, 0.5) is 0 Å². The van der Waals surface area contributed by atoms with E-state index in [1.165, 1.54) is 23.6 Å². The molecule has 1 amide bonds. The summed E-state index contributed by atoms with van der Waals surface area (Å²) < 4.78 is 4.94. The Morgan fingerprint density at radius 1 is 1.53 bits per heavy atom. The number of carbonyl (C=O) groups excluding carboxylic acids is 3. The topological polar surface area (TPSA) is 63.7 Å². The maximum Gasteiger partial charge on any atom is 0.302 e. The van der Waals surface area contributed by atoms with Gasteiger partial charge in [0, 0.05) is 24.7 Å². The van der Waals surface area contributed by atoms with E-state index in [-0.39, 0.29) is 23.7 Å². The Balaban J connectivity index is 2.28. The highest BCUT2D eigenvalue weighted by Gasteiger charge is 2.52. The van der Waals surface area contributed by atoms with Gasteiger partial charge in [0.15, 0.2) is 5.78 Å². The number of β-lactam (4-membered cyclic amide) rings is 1. The highest BCUT2D eigenvalue weighted by Crippen LogP contribution is 2.43. The van der Waals surface area contributed by atoms with Gasteiger partial charge in [0.05, 0.1) is 5.70 Å². The summed E-state index contributed by atoms with van der Waals surface area (Å²) >= 11 is 7.42. The summed E-state index contributed by atoms with van der Waals surface area (Å²) in [5.74, 6) is -0.236. The number of esters is 1. The molecule has 2 atom stereocenters. The molecule has 0 aliphatic carbocycles. The summed E-state index contributed by atoms with van der Waals surface area (Å²) in [4.78, 5) is 36.1. The van der Waals surface area contributed by atoms with Crippen LogP contribution in [-0.4, -0.2) is 45.7 Å². The SMILES string of the molecule is CCC(=O)C1=C(COC(C)=O)CS[C@H]2[C@@H](Cl)C(=O)N12. The molecule has 1 saturated heterocycles.